The monoisotopic (exact) mass is 283 g/mol. The SMILES string of the molecule is CCCN(CCN(C)C)Cc1cc(CNC)sc1C. The number of thiophene rings is 1. The van der Waals surface area contributed by atoms with Crippen molar-refractivity contribution in [2.45, 2.75) is 33.4 Å². The molecule has 0 saturated carbocycles. The van der Waals surface area contributed by atoms with Crippen LogP contribution in [-0.2, 0) is 13.1 Å². The van der Waals surface area contributed by atoms with Crippen molar-refractivity contribution in [3.63, 3.8) is 0 Å². The van der Waals surface area contributed by atoms with Crippen LogP contribution in [0.15, 0.2) is 6.07 Å². The van der Waals surface area contributed by atoms with Crippen molar-refractivity contribution in [3.05, 3.63) is 21.4 Å². The van der Waals surface area contributed by atoms with Crippen LogP contribution < -0.4 is 5.32 Å². The molecule has 110 valence electrons. The zero-order valence-corrected chi connectivity index (χ0v) is 13.9. The molecule has 1 heterocycles. The first kappa shape index (κ1) is 16.6. The van der Waals surface area contributed by atoms with Gasteiger partial charge in [-0.3, -0.25) is 4.90 Å². The number of nitrogens with zero attached hydrogens (tertiary/aromatic N) is 2. The number of hydrogen-bond donors (Lipinski definition) is 1. The molecule has 0 atom stereocenters. The Morgan fingerprint density at radius 1 is 1.21 bits per heavy atom. The van der Waals surface area contributed by atoms with E-state index in [9.17, 15) is 0 Å². The van der Waals surface area contributed by atoms with E-state index in [0.717, 1.165) is 26.2 Å². The maximum atomic E-state index is 3.23. The summed E-state index contributed by atoms with van der Waals surface area (Å²) in [5.41, 5.74) is 1.50. The summed E-state index contributed by atoms with van der Waals surface area (Å²) < 4.78 is 0. The molecule has 0 spiro atoms. The second kappa shape index (κ2) is 8.69. The largest absolute Gasteiger partial charge is 0.315 e. The van der Waals surface area contributed by atoms with E-state index in [0.29, 0.717) is 0 Å². The molecule has 1 aromatic rings. The summed E-state index contributed by atoms with van der Waals surface area (Å²) in [5.74, 6) is 0. The normalized spacial score (nSPS) is 11.7. The van der Waals surface area contributed by atoms with E-state index in [-0.39, 0.29) is 0 Å². The lowest BCUT2D eigenvalue weighted by Gasteiger charge is -2.23. The van der Waals surface area contributed by atoms with Gasteiger partial charge in [0.25, 0.3) is 0 Å². The zero-order chi connectivity index (χ0) is 14.3. The van der Waals surface area contributed by atoms with Crippen LogP contribution in [-0.4, -0.2) is 50.6 Å². The lowest BCUT2D eigenvalue weighted by Crippen LogP contribution is -2.32. The van der Waals surface area contributed by atoms with Crippen molar-refractivity contribution in [3.8, 4) is 0 Å². The average molecular weight is 283 g/mol. The maximum absolute atomic E-state index is 3.23. The van der Waals surface area contributed by atoms with Crippen LogP contribution in [0.4, 0.5) is 0 Å². The molecule has 1 N–H and O–H groups in total. The van der Waals surface area contributed by atoms with Crippen molar-refractivity contribution < 1.29 is 0 Å². The van der Waals surface area contributed by atoms with Gasteiger partial charge in [-0.05, 0) is 52.7 Å². The standard InChI is InChI=1S/C15H29N3S/c1-6-7-18(9-8-17(4)5)12-14-10-15(11-16-3)19-13(14)2/h10,16H,6-9,11-12H2,1-5H3. The molecule has 0 aliphatic rings. The number of likely N-dealkylation sites (N-methyl/N-ethyl adjacent to an activating group) is 1. The highest BCUT2D eigenvalue weighted by atomic mass is 32.1. The third-order valence-electron chi connectivity index (χ3n) is 3.22. The molecule has 0 aliphatic carbocycles. The zero-order valence-electron chi connectivity index (χ0n) is 13.1. The van der Waals surface area contributed by atoms with Gasteiger partial charge in [0.15, 0.2) is 0 Å². The number of aryl methyl sites for hydroxylation is 1. The topological polar surface area (TPSA) is 18.5 Å². The minimum atomic E-state index is 0.983. The Balaban J connectivity index is 2.61. The van der Waals surface area contributed by atoms with E-state index in [1.165, 1.54) is 28.3 Å². The number of rotatable bonds is 9. The van der Waals surface area contributed by atoms with Gasteiger partial charge in [-0.2, -0.15) is 0 Å². The molecule has 0 unspecified atom stereocenters. The van der Waals surface area contributed by atoms with Gasteiger partial charge in [0.2, 0.25) is 0 Å². The van der Waals surface area contributed by atoms with E-state index in [2.05, 4.69) is 49.1 Å². The molecule has 0 amide bonds. The summed E-state index contributed by atoms with van der Waals surface area (Å²) in [4.78, 5) is 7.74. The van der Waals surface area contributed by atoms with Gasteiger partial charge in [-0.25, -0.2) is 0 Å². The Morgan fingerprint density at radius 3 is 2.53 bits per heavy atom. The third-order valence-corrected chi connectivity index (χ3v) is 4.31. The van der Waals surface area contributed by atoms with Gasteiger partial charge >= 0.3 is 0 Å². The maximum Gasteiger partial charge on any atom is 0.0296 e. The molecule has 3 nitrogen and oxygen atoms in total. The number of nitrogens with one attached hydrogen (secondary N) is 1. The molecule has 0 fully saturated rings. The Hall–Kier alpha value is -0.420. The summed E-state index contributed by atoms with van der Waals surface area (Å²) in [6, 6.07) is 2.37. The first-order valence-corrected chi connectivity index (χ1v) is 7.98. The molecular weight excluding hydrogens is 254 g/mol. The molecule has 0 saturated heterocycles. The van der Waals surface area contributed by atoms with Crippen LogP contribution >= 0.6 is 11.3 Å². The molecule has 4 heteroatoms. The van der Waals surface area contributed by atoms with Gasteiger partial charge in [-0.1, -0.05) is 6.92 Å². The summed E-state index contributed by atoms with van der Waals surface area (Å²) in [6.07, 6.45) is 1.22. The van der Waals surface area contributed by atoms with E-state index >= 15 is 0 Å². The Bertz CT molecular complexity index is 360. The quantitative estimate of drug-likeness (QED) is 0.751. The lowest BCUT2D eigenvalue weighted by atomic mass is 10.2. The first-order chi connectivity index (χ1) is 9.06. The molecule has 0 radical (unpaired) electrons. The number of hydrogen-bond acceptors (Lipinski definition) is 4. The van der Waals surface area contributed by atoms with E-state index in [4.69, 9.17) is 0 Å². The highest BCUT2D eigenvalue weighted by Crippen LogP contribution is 2.23. The lowest BCUT2D eigenvalue weighted by molar-refractivity contribution is 0.234. The highest BCUT2D eigenvalue weighted by Gasteiger charge is 2.10. The van der Waals surface area contributed by atoms with Crippen LogP contribution in [0.2, 0.25) is 0 Å². The summed E-state index contributed by atoms with van der Waals surface area (Å²) in [7, 11) is 6.30. The van der Waals surface area contributed by atoms with E-state index in [1.807, 2.05) is 18.4 Å². The van der Waals surface area contributed by atoms with Crippen LogP contribution in [0, 0.1) is 6.92 Å². The molecule has 19 heavy (non-hydrogen) atoms. The summed E-state index contributed by atoms with van der Waals surface area (Å²) in [5, 5.41) is 3.23. The van der Waals surface area contributed by atoms with Crippen LogP contribution in [0.25, 0.3) is 0 Å². The van der Waals surface area contributed by atoms with E-state index < -0.39 is 0 Å². The van der Waals surface area contributed by atoms with Gasteiger partial charge < -0.3 is 10.2 Å². The Morgan fingerprint density at radius 2 is 1.95 bits per heavy atom. The Labute approximate surface area is 122 Å². The van der Waals surface area contributed by atoms with E-state index in [1.54, 1.807) is 0 Å². The minimum absolute atomic E-state index is 0.983. The summed E-state index contributed by atoms with van der Waals surface area (Å²) >= 11 is 1.92. The molecule has 0 aromatic carbocycles. The predicted octanol–water partition coefficient (Wildman–Crippen LogP) is 2.55. The second-order valence-corrected chi connectivity index (χ2v) is 6.74. The van der Waals surface area contributed by atoms with Crippen LogP contribution in [0.1, 0.15) is 28.7 Å². The minimum Gasteiger partial charge on any atom is -0.315 e. The molecule has 1 aromatic heterocycles. The predicted molar refractivity (Wildman–Crippen MR) is 85.9 cm³/mol. The third kappa shape index (κ3) is 6.04. The van der Waals surface area contributed by atoms with Gasteiger partial charge in [0.1, 0.15) is 0 Å². The highest BCUT2D eigenvalue weighted by molar-refractivity contribution is 7.12. The van der Waals surface area contributed by atoms with Gasteiger partial charge in [0, 0.05) is 35.9 Å². The fourth-order valence-electron chi connectivity index (χ4n) is 2.17. The van der Waals surface area contributed by atoms with Gasteiger partial charge in [0.05, 0.1) is 0 Å². The van der Waals surface area contributed by atoms with Crippen LogP contribution in [0.5, 0.6) is 0 Å². The smallest absolute Gasteiger partial charge is 0.0296 e. The van der Waals surface area contributed by atoms with Crippen molar-refractivity contribution in [2.75, 3.05) is 40.8 Å². The first-order valence-electron chi connectivity index (χ1n) is 7.16. The van der Waals surface area contributed by atoms with Gasteiger partial charge in [-0.15, -0.1) is 11.3 Å². The molecule has 1 rings (SSSR count). The Kier molecular flexibility index (Phi) is 7.61. The van der Waals surface area contributed by atoms with Crippen molar-refractivity contribution in [2.24, 2.45) is 0 Å². The van der Waals surface area contributed by atoms with Crippen molar-refractivity contribution in [1.82, 2.24) is 15.1 Å². The molecular formula is C15H29N3S. The molecule has 0 aliphatic heterocycles. The molecule has 0 bridgehead atoms. The fourth-order valence-corrected chi connectivity index (χ4v) is 3.24. The van der Waals surface area contributed by atoms with Crippen molar-refractivity contribution >= 4 is 11.3 Å². The van der Waals surface area contributed by atoms with Crippen LogP contribution in [0.3, 0.4) is 0 Å². The second-order valence-electron chi connectivity index (χ2n) is 5.40. The average Bonchev–Trinajstić information content (AvgIpc) is 2.67. The summed E-state index contributed by atoms with van der Waals surface area (Å²) in [6.45, 7) is 10.0. The van der Waals surface area contributed by atoms with Crippen molar-refractivity contribution in [1.29, 1.82) is 0 Å². The fraction of sp³-hybridized carbons (Fsp3) is 0.733.